The minimum Gasteiger partial charge on any atom is -0.314 e. The summed E-state index contributed by atoms with van der Waals surface area (Å²) in [7, 11) is 0. The van der Waals surface area contributed by atoms with Gasteiger partial charge in [0.2, 0.25) is 0 Å². The zero-order valence-electron chi connectivity index (χ0n) is 12.6. The van der Waals surface area contributed by atoms with Crippen LogP contribution in [0, 0.1) is 5.92 Å². The van der Waals surface area contributed by atoms with Gasteiger partial charge in [0.15, 0.2) is 0 Å². The van der Waals surface area contributed by atoms with Gasteiger partial charge in [-0.3, -0.25) is 4.90 Å². The SMILES string of the molecule is CCC(CC)C(C)N1CCNCC1c1ccccc1. The van der Waals surface area contributed by atoms with Gasteiger partial charge in [-0.05, 0) is 18.4 Å². The van der Waals surface area contributed by atoms with E-state index in [0.29, 0.717) is 12.1 Å². The van der Waals surface area contributed by atoms with E-state index in [1.54, 1.807) is 0 Å². The molecular weight excluding hydrogens is 232 g/mol. The lowest BCUT2D eigenvalue weighted by Gasteiger charge is -2.43. The highest BCUT2D eigenvalue weighted by Crippen LogP contribution is 2.29. The molecule has 1 aromatic rings. The molecule has 0 amide bonds. The van der Waals surface area contributed by atoms with E-state index < -0.39 is 0 Å². The van der Waals surface area contributed by atoms with E-state index >= 15 is 0 Å². The molecule has 2 heteroatoms. The van der Waals surface area contributed by atoms with E-state index in [1.807, 2.05) is 0 Å². The van der Waals surface area contributed by atoms with Crippen LogP contribution in [0.3, 0.4) is 0 Å². The molecule has 0 saturated carbocycles. The van der Waals surface area contributed by atoms with Crippen LogP contribution in [0.25, 0.3) is 0 Å². The van der Waals surface area contributed by atoms with Gasteiger partial charge in [-0.15, -0.1) is 0 Å². The molecule has 2 rings (SSSR count). The standard InChI is InChI=1S/C17H28N2/c1-4-15(5-2)14(3)19-12-11-18-13-17(19)16-9-7-6-8-10-16/h6-10,14-15,17-18H,4-5,11-13H2,1-3H3. The second-order valence-electron chi connectivity index (χ2n) is 5.69. The van der Waals surface area contributed by atoms with Gasteiger partial charge in [-0.2, -0.15) is 0 Å². The zero-order valence-corrected chi connectivity index (χ0v) is 12.6. The predicted molar refractivity (Wildman–Crippen MR) is 82.3 cm³/mol. The third-order valence-corrected chi connectivity index (χ3v) is 4.72. The van der Waals surface area contributed by atoms with Crippen LogP contribution in [0.4, 0.5) is 0 Å². The fourth-order valence-corrected chi connectivity index (χ4v) is 3.43. The molecule has 1 N–H and O–H groups in total. The quantitative estimate of drug-likeness (QED) is 0.872. The molecule has 0 aliphatic carbocycles. The Hall–Kier alpha value is -0.860. The molecule has 1 aliphatic rings. The Morgan fingerprint density at radius 3 is 2.53 bits per heavy atom. The lowest BCUT2D eigenvalue weighted by molar-refractivity contribution is 0.0765. The molecule has 1 aliphatic heterocycles. The summed E-state index contributed by atoms with van der Waals surface area (Å²) in [6.07, 6.45) is 2.56. The Labute approximate surface area is 118 Å². The van der Waals surface area contributed by atoms with Crippen LogP contribution in [0.1, 0.15) is 45.2 Å². The van der Waals surface area contributed by atoms with E-state index in [2.05, 4.69) is 61.3 Å². The van der Waals surface area contributed by atoms with Gasteiger partial charge in [0.25, 0.3) is 0 Å². The second-order valence-corrected chi connectivity index (χ2v) is 5.69. The molecule has 0 aromatic heterocycles. The number of hydrogen-bond donors (Lipinski definition) is 1. The highest BCUT2D eigenvalue weighted by Gasteiger charge is 2.30. The molecule has 19 heavy (non-hydrogen) atoms. The highest BCUT2D eigenvalue weighted by molar-refractivity contribution is 5.20. The minimum absolute atomic E-state index is 0.533. The van der Waals surface area contributed by atoms with Crippen molar-refractivity contribution in [3.8, 4) is 0 Å². The Morgan fingerprint density at radius 2 is 1.89 bits per heavy atom. The van der Waals surface area contributed by atoms with Crippen LogP contribution in [0.15, 0.2) is 30.3 Å². The van der Waals surface area contributed by atoms with Crippen molar-refractivity contribution in [1.82, 2.24) is 10.2 Å². The molecule has 1 aromatic carbocycles. The predicted octanol–water partition coefficient (Wildman–Crippen LogP) is 3.46. The summed E-state index contributed by atoms with van der Waals surface area (Å²) in [5.41, 5.74) is 1.45. The molecular formula is C17H28N2. The van der Waals surface area contributed by atoms with Crippen molar-refractivity contribution in [3.05, 3.63) is 35.9 Å². The van der Waals surface area contributed by atoms with Crippen molar-refractivity contribution >= 4 is 0 Å². The fourth-order valence-electron chi connectivity index (χ4n) is 3.43. The number of benzene rings is 1. The Bertz CT molecular complexity index is 359. The third-order valence-electron chi connectivity index (χ3n) is 4.72. The average molecular weight is 260 g/mol. The van der Waals surface area contributed by atoms with Gasteiger partial charge in [0.05, 0.1) is 0 Å². The largest absolute Gasteiger partial charge is 0.314 e. The first-order valence-corrected chi connectivity index (χ1v) is 7.79. The fraction of sp³-hybridized carbons (Fsp3) is 0.647. The van der Waals surface area contributed by atoms with Gasteiger partial charge in [0.1, 0.15) is 0 Å². The van der Waals surface area contributed by atoms with Crippen LogP contribution in [0.2, 0.25) is 0 Å². The first-order chi connectivity index (χ1) is 9.27. The molecule has 0 bridgehead atoms. The Balaban J connectivity index is 2.16. The van der Waals surface area contributed by atoms with Gasteiger partial charge in [-0.1, -0.05) is 57.0 Å². The number of piperazine rings is 1. The summed E-state index contributed by atoms with van der Waals surface area (Å²) in [5.74, 6) is 0.810. The number of nitrogens with one attached hydrogen (secondary N) is 1. The first-order valence-electron chi connectivity index (χ1n) is 7.79. The average Bonchev–Trinajstić information content (AvgIpc) is 2.49. The summed E-state index contributed by atoms with van der Waals surface area (Å²) in [5, 5.41) is 3.55. The lowest BCUT2D eigenvalue weighted by Crippen LogP contribution is -2.51. The Morgan fingerprint density at radius 1 is 1.21 bits per heavy atom. The summed E-state index contributed by atoms with van der Waals surface area (Å²) in [6.45, 7) is 10.4. The van der Waals surface area contributed by atoms with Crippen LogP contribution in [-0.2, 0) is 0 Å². The molecule has 106 valence electrons. The second kappa shape index (κ2) is 7.06. The van der Waals surface area contributed by atoms with Crippen LogP contribution >= 0.6 is 0 Å². The molecule has 2 unspecified atom stereocenters. The minimum atomic E-state index is 0.533. The van der Waals surface area contributed by atoms with E-state index in [4.69, 9.17) is 0 Å². The molecule has 2 atom stereocenters. The van der Waals surface area contributed by atoms with Gasteiger partial charge < -0.3 is 5.32 Å². The summed E-state index contributed by atoms with van der Waals surface area (Å²) in [6, 6.07) is 12.2. The van der Waals surface area contributed by atoms with E-state index in [-0.39, 0.29) is 0 Å². The van der Waals surface area contributed by atoms with Crippen molar-refractivity contribution in [1.29, 1.82) is 0 Å². The van der Waals surface area contributed by atoms with Gasteiger partial charge in [-0.25, -0.2) is 0 Å². The number of nitrogens with zero attached hydrogens (tertiary/aromatic N) is 1. The smallest absolute Gasteiger partial charge is 0.0476 e. The summed E-state index contributed by atoms with van der Waals surface area (Å²) >= 11 is 0. The van der Waals surface area contributed by atoms with E-state index in [0.717, 1.165) is 25.6 Å². The van der Waals surface area contributed by atoms with Crippen molar-refractivity contribution in [2.75, 3.05) is 19.6 Å². The summed E-state index contributed by atoms with van der Waals surface area (Å²) in [4.78, 5) is 2.71. The number of hydrogen-bond acceptors (Lipinski definition) is 2. The monoisotopic (exact) mass is 260 g/mol. The van der Waals surface area contributed by atoms with E-state index in [9.17, 15) is 0 Å². The normalized spacial score (nSPS) is 22.6. The lowest BCUT2D eigenvalue weighted by atomic mass is 9.91. The molecule has 1 heterocycles. The third kappa shape index (κ3) is 3.37. The maximum absolute atomic E-state index is 3.55. The zero-order chi connectivity index (χ0) is 13.7. The van der Waals surface area contributed by atoms with Crippen molar-refractivity contribution in [3.63, 3.8) is 0 Å². The topological polar surface area (TPSA) is 15.3 Å². The van der Waals surface area contributed by atoms with Crippen LogP contribution in [-0.4, -0.2) is 30.6 Å². The maximum atomic E-state index is 3.55. The van der Waals surface area contributed by atoms with Crippen molar-refractivity contribution in [2.24, 2.45) is 5.92 Å². The van der Waals surface area contributed by atoms with Crippen LogP contribution < -0.4 is 5.32 Å². The van der Waals surface area contributed by atoms with Crippen molar-refractivity contribution in [2.45, 2.75) is 45.7 Å². The number of rotatable bonds is 5. The maximum Gasteiger partial charge on any atom is 0.0476 e. The first kappa shape index (κ1) is 14.5. The molecule has 1 saturated heterocycles. The van der Waals surface area contributed by atoms with Crippen LogP contribution in [0.5, 0.6) is 0 Å². The molecule has 1 fully saturated rings. The van der Waals surface area contributed by atoms with Gasteiger partial charge in [0, 0.05) is 31.7 Å². The van der Waals surface area contributed by atoms with Crippen molar-refractivity contribution < 1.29 is 0 Å². The molecule has 0 radical (unpaired) electrons. The highest BCUT2D eigenvalue weighted by atomic mass is 15.2. The molecule has 2 nitrogen and oxygen atoms in total. The summed E-state index contributed by atoms with van der Waals surface area (Å²) < 4.78 is 0. The van der Waals surface area contributed by atoms with Gasteiger partial charge >= 0.3 is 0 Å². The molecule has 0 spiro atoms. The Kier molecular flexibility index (Phi) is 5.41. The van der Waals surface area contributed by atoms with E-state index in [1.165, 1.54) is 18.4 Å².